The lowest BCUT2D eigenvalue weighted by Gasteiger charge is -2.21. The molecule has 0 saturated carbocycles. The number of thioether (sulfide) groups is 1. The molecule has 0 N–H and O–H groups in total. The maximum atomic E-state index is 12.1. The van der Waals surface area contributed by atoms with Gasteiger partial charge in [0.2, 0.25) is 5.91 Å². The van der Waals surface area contributed by atoms with Crippen molar-refractivity contribution < 1.29 is 4.79 Å². The van der Waals surface area contributed by atoms with Crippen LogP contribution in [0, 0.1) is 13.8 Å². The second-order valence-corrected chi connectivity index (χ2v) is 5.55. The monoisotopic (exact) mass is 281 g/mol. The van der Waals surface area contributed by atoms with E-state index in [2.05, 4.69) is 23.8 Å². The van der Waals surface area contributed by atoms with Crippen LogP contribution in [-0.4, -0.2) is 39.6 Å². The van der Waals surface area contributed by atoms with E-state index in [4.69, 9.17) is 0 Å². The second-order valence-electron chi connectivity index (χ2n) is 4.60. The predicted octanol–water partition coefficient (Wildman–Crippen LogP) is 2.83. The Morgan fingerprint density at radius 2 is 1.68 bits per heavy atom. The molecule has 19 heavy (non-hydrogen) atoms. The summed E-state index contributed by atoms with van der Waals surface area (Å²) in [5.41, 5.74) is 1.89. The fraction of sp³-hybridized carbons (Fsp3) is 0.643. The maximum Gasteiger partial charge on any atom is 0.233 e. The summed E-state index contributed by atoms with van der Waals surface area (Å²) in [7, 11) is 0. The molecular formula is C14H23N3OS. The minimum absolute atomic E-state index is 0.177. The number of nitrogens with zero attached hydrogens (tertiary/aromatic N) is 3. The molecule has 0 radical (unpaired) electrons. The van der Waals surface area contributed by atoms with Crippen molar-refractivity contribution in [2.75, 3.05) is 18.8 Å². The van der Waals surface area contributed by atoms with Crippen molar-refractivity contribution in [2.24, 2.45) is 0 Å². The van der Waals surface area contributed by atoms with Gasteiger partial charge in [-0.15, -0.1) is 0 Å². The summed E-state index contributed by atoms with van der Waals surface area (Å²) in [5.74, 6) is 0.597. The normalized spacial score (nSPS) is 10.5. The largest absolute Gasteiger partial charge is 0.342 e. The zero-order valence-electron chi connectivity index (χ0n) is 12.3. The number of hydrogen-bond donors (Lipinski definition) is 0. The van der Waals surface area contributed by atoms with E-state index in [0.717, 1.165) is 37.3 Å². The fourth-order valence-corrected chi connectivity index (χ4v) is 2.73. The summed E-state index contributed by atoms with van der Waals surface area (Å²) < 4.78 is 0. The smallest absolute Gasteiger partial charge is 0.233 e. The van der Waals surface area contributed by atoms with E-state index in [9.17, 15) is 4.79 Å². The fourth-order valence-electron chi connectivity index (χ4n) is 1.88. The number of amides is 1. The lowest BCUT2D eigenvalue weighted by atomic mass is 10.3. The Morgan fingerprint density at radius 3 is 2.16 bits per heavy atom. The molecule has 1 amide bonds. The summed E-state index contributed by atoms with van der Waals surface area (Å²) >= 11 is 1.42. The van der Waals surface area contributed by atoms with Gasteiger partial charge >= 0.3 is 0 Å². The first kappa shape index (κ1) is 16.0. The van der Waals surface area contributed by atoms with Crippen molar-refractivity contribution in [1.82, 2.24) is 14.9 Å². The SMILES string of the molecule is CCCN(CCC)C(=O)CSc1nc(C)cc(C)n1. The molecule has 4 nitrogen and oxygen atoms in total. The lowest BCUT2D eigenvalue weighted by molar-refractivity contribution is -0.128. The van der Waals surface area contributed by atoms with Gasteiger partial charge in [-0.1, -0.05) is 25.6 Å². The van der Waals surface area contributed by atoms with Gasteiger partial charge in [0.1, 0.15) is 0 Å². The highest BCUT2D eigenvalue weighted by Gasteiger charge is 2.13. The lowest BCUT2D eigenvalue weighted by Crippen LogP contribution is -2.33. The Bertz CT molecular complexity index is 397. The quantitative estimate of drug-likeness (QED) is 0.569. The van der Waals surface area contributed by atoms with Crippen molar-refractivity contribution in [1.29, 1.82) is 0 Å². The number of carbonyl (C=O) groups is 1. The Hall–Kier alpha value is -1.10. The highest BCUT2D eigenvalue weighted by atomic mass is 32.2. The van der Waals surface area contributed by atoms with Crippen molar-refractivity contribution in [3.8, 4) is 0 Å². The summed E-state index contributed by atoms with van der Waals surface area (Å²) in [6.07, 6.45) is 1.99. The molecule has 0 atom stereocenters. The van der Waals surface area contributed by atoms with Gasteiger partial charge in [-0.25, -0.2) is 9.97 Å². The van der Waals surface area contributed by atoms with Crippen LogP contribution in [0.2, 0.25) is 0 Å². The van der Waals surface area contributed by atoms with Crippen LogP contribution < -0.4 is 0 Å². The Balaban J connectivity index is 2.56. The van der Waals surface area contributed by atoms with Crippen LogP contribution in [0.25, 0.3) is 0 Å². The van der Waals surface area contributed by atoms with Crippen molar-refractivity contribution in [3.05, 3.63) is 17.5 Å². The number of carbonyl (C=O) groups excluding carboxylic acids is 1. The molecule has 0 unspecified atom stereocenters. The zero-order chi connectivity index (χ0) is 14.3. The highest BCUT2D eigenvalue weighted by Crippen LogP contribution is 2.15. The van der Waals surface area contributed by atoms with Gasteiger partial charge in [0.25, 0.3) is 0 Å². The minimum atomic E-state index is 0.177. The first-order valence-electron chi connectivity index (χ1n) is 6.79. The summed E-state index contributed by atoms with van der Waals surface area (Å²) in [5, 5.41) is 0.693. The molecule has 0 aliphatic carbocycles. The van der Waals surface area contributed by atoms with Crippen LogP contribution >= 0.6 is 11.8 Å². The van der Waals surface area contributed by atoms with Gasteiger partial charge in [-0.2, -0.15) is 0 Å². The average Bonchev–Trinajstić information content (AvgIpc) is 2.34. The molecule has 0 aromatic carbocycles. The number of rotatable bonds is 7. The van der Waals surface area contributed by atoms with Gasteiger partial charge < -0.3 is 4.90 Å². The molecule has 1 rings (SSSR count). The third-order valence-electron chi connectivity index (χ3n) is 2.63. The molecule has 0 aliphatic heterocycles. The molecule has 0 spiro atoms. The van der Waals surface area contributed by atoms with E-state index in [1.54, 1.807) is 0 Å². The first-order valence-corrected chi connectivity index (χ1v) is 7.78. The molecule has 106 valence electrons. The standard InChI is InChI=1S/C14H23N3OS/c1-5-7-17(8-6-2)13(18)10-19-14-15-11(3)9-12(4)16-14/h9H,5-8,10H2,1-4H3. The van der Waals surface area contributed by atoms with Gasteiger partial charge in [-0.3, -0.25) is 4.79 Å². The highest BCUT2D eigenvalue weighted by molar-refractivity contribution is 7.99. The van der Waals surface area contributed by atoms with Crippen LogP contribution in [0.1, 0.15) is 38.1 Å². The summed E-state index contributed by atoms with van der Waals surface area (Å²) in [6, 6.07) is 1.94. The molecule has 0 saturated heterocycles. The topological polar surface area (TPSA) is 46.1 Å². The number of hydrogen-bond acceptors (Lipinski definition) is 4. The summed E-state index contributed by atoms with van der Waals surface area (Å²) in [4.78, 5) is 22.7. The zero-order valence-corrected chi connectivity index (χ0v) is 13.1. The number of aryl methyl sites for hydroxylation is 2. The number of aromatic nitrogens is 2. The van der Waals surface area contributed by atoms with E-state index >= 15 is 0 Å². The Labute approximate surface area is 120 Å². The third kappa shape index (κ3) is 5.59. The second kappa shape index (κ2) is 8.15. The van der Waals surface area contributed by atoms with E-state index < -0.39 is 0 Å². The predicted molar refractivity (Wildman–Crippen MR) is 79.4 cm³/mol. The van der Waals surface area contributed by atoms with Crippen LogP contribution in [-0.2, 0) is 4.79 Å². The van der Waals surface area contributed by atoms with Crippen LogP contribution in [0.4, 0.5) is 0 Å². The Morgan fingerprint density at radius 1 is 1.16 bits per heavy atom. The van der Waals surface area contributed by atoms with E-state index in [0.29, 0.717) is 10.9 Å². The van der Waals surface area contributed by atoms with Crippen molar-refractivity contribution in [2.45, 2.75) is 45.7 Å². The molecule has 0 bridgehead atoms. The summed E-state index contributed by atoms with van der Waals surface area (Å²) in [6.45, 7) is 9.75. The maximum absolute atomic E-state index is 12.1. The molecule has 1 aromatic rings. The van der Waals surface area contributed by atoms with Crippen molar-refractivity contribution in [3.63, 3.8) is 0 Å². The molecule has 0 aliphatic rings. The van der Waals surface area contributed by atoms with Crippen molar-refractivity contribution >= 4 is 17.7 Å². The molecule has 1 heterocycles. The van der Waals surface area contributed by atoms with Crippen LogP contribution in [0.15, 0.2) is 11.2 Å². The van der Waals surface area contributed by atoms with Crippen LogP contribution in [0.5, 0.6) is 0 Å². The van der Waals surface area contributed by atoms with Gasteiger partial charge in [-0.05, 0) is 32.8 Å². The van der Waals surface area contributed by atoms with E-state index in [1.807, 2.05) is 24.8 Å². The Kier molecular flexibility index (Phi) is 6.84. The van der Waals surface area contributed by atoms with Gasteiger partial charge in [0.15, 0.2) is 5.16 Å². The molecule has 1 aromatic heterocycles. The van der Waals surface area contributed by atoms with Gasteiger partial charge in [0, 0.05) is 24.5 Å². The molecular weight excluding hydrogens is 258 g/mol. The van der Waals surface area contributed by atoms with Gasteiger partial charge in [0.05, 0.1) is 5.75 Å². The molecule has 0 fully saturated rings. The average molecular weight is 281 g/mol. The van der Waals surface area contributed by atoms with E-state index in [-0.39, 0.29) is 5.91 Å². The van der Waals surface area contributed by atoms with E-state index in [1.165, 1.54) is 11.8 Å². The minimum Gasteiger partial charge on any atom is -0.342 e. The first-order chi connectivity index (χ1) is 9.06. The molecule has 5 heteroatoms. The third-order valence-corrected chi connectivity index (χ3v) is 3.46. The van der Waals surface area contributed by atoms with Crippen LogP contribution in [0.3, 0.4) is 0 Å².